The number of hydrogen-bond donors (Lipinski definition) is 2. The van der Waals surface area contributed by atoms with Gasteiger partial charge in [-0.3, -0.25) is 4.90 Å². The molecule has 0 amide bonds. The number of rotatable bonds is 2. The number of fused-ring (bicyclic) bond motifs is 1. The molecule has 4 nitrogen and oxygen atoms in total. The van der Waals surface area contributed by atoms with Gasteiger partial charge in [-0.2, -0.15) is 0 Å². The van der Waals surface area contributed by atoms with Crippen molar-refractivity contribution in [1.82, 2.24) is 10.2 Å². The van der Waals surface area contributed by atoms with Crippen LogP contribution in [0.5, 0.6) is 0 Å². The second-order valence-corrected chi connectivity index (χ2v) is 7.39. The van der Waals surface area contributed by atoms with E-state index in [0.29, 0.717) is 18.6 Å². The highest BCUT2D eigenvalue weighted by molar-refractivity contribution is 5.23. The fourth-order valence-corrected chi connectivity index (χ4v) is 4.53. The molecule has 3 heterocycles. The Kier molecular flexibility index (Phi) is 4.56. The third-order valence-corrected chi connectivity index (χ3v) is 5.81. The number of benzene rings is 1. The molecule has 2 unspecified atom stereocenters. The number of nitrogens with two attached hydrogens (primary N) is 1. The van der Waals surface area contributed by atoms with Gasteiger partial charge in [0.1, 0.15) is 17.7 Å². The van der Waals surface area contributed by atoms with Crippen molar-refractivity contribution in [3.63, 3.8) is 0 Å². The molecule has 0 saturated carbocycles. The summed E-state index contributed by atoms with van der Waals surface area (Å²) in [5.74, 6) is -0.195. The Morgan fingerprint density at radius 1 is 1.25 bits per heavy atom. The van der Waals surface area contributed by atoms with Crippen molar-refractivity contribution in [2.24, 2.45) is 11.7 Å². The Morgan fingerprint density at radius 2 is 2.12 bits per heavy atom. The average Bonchev–Trinajstić information content (AvgIpc) is 3.01. The molecule has 0 aliphatic carbocycles. The molecule has 3 saturated heterocycles. The quantitative estimate of drug-likeness (QED) is 0.864. The lowest BCUT2D eigenvalue weighted by Crippen LogP contribution is -2.49. The Morgan fingerprint density at radius 3 is 2.92 bits per heavy atom. The summed E-state index contributed by atoms with van der Waals surface area (Å²) in [6, 6.07) is 3.98. The summed E-state index contributed by atoms with van der Waals surface area (Å²) in [5, 5.41) is 3.60. The van der Waals surface area contributed by atoms with Crippen LogP contribution in [0.1, 0.15) is 30.9 Å². The van der Waals surface area contributed by atoms with Gasteiger partial charge in [-0.15, -0.1) is 0 Å². The lowest BCUT2D eigenvalue weighted by Gasteiger charge is -2.38. The number of likely N-dealkylation sites (tertiary alicyclic amines) is 1. The molecule has 3 aliphatic rings. The molecular formula is C18H25F2N3O. The Hall–Kier alpha value is -1.08. The van der Waals surface area contributed by atoms with E-state index in [9.17, 15) is 8.78 Å². The first-order valence-corrected chi connectivity index (χ1v) is 8.91. The summed E-state index contributed by atoms with van der Waals surface area (Å²) in [6.07, 6.45) is 2.71. The highest BCUT2D eigenvalue weighted by atomic mass is 19.1. The number of halogens is 2. The molecule has 0 aromatic heterocycles. The molecule has 0 radical (unpaired) electrons. The van der Waals surface area contributed by atoms with Crippen LogP contribution in [0.25, 0.3) is 0 Å². The summed E-state index contributed by atoms with van der Waals surface area (Å²) >= 11 is 0. The number of hydrogen-bond acceptors (Lipinski definition) is 4. The highest BCUT2D eigenvalue weighted by Gasteiger charge is 2.40. The van der Waals surface area contributed by atoms with Crippen LogP contribution in [0.4, 0.5) is 8.78 Å². The Labute approximate surface area is 141 Å². The standard InChI is InChI=1S/C18H25F2N3O/c19-12-3-4-15(20)14(6-12)18-16(21)7-13(10-24-18)23-8-11-2-1-5-22-17(11)9-23/h3-4,6,11,13,16-18,22H,1-2,5,7-10,21H2/t11?,13-,16+,17?,18-/m1/s1. The molecule has 6 heteroatoms. The van der Waals surface area contributed by atoms with Crippen LogP contribution < -0.4 is 11.1 Å². The second kappa shape index (κ2) is 6.67. The lowest BCUT2D eigenvalue weighted by atomic mass is 9.93. The molecule has 1 aromatic rings. The Bertz CT molecular complexity index is 586. The van der Waals surface area contributed by atoms with Crippen LogP contribution in [-0.2, 0) is 4.74 Å². The van der Waals surface area contributed by atoms with Crippen molar-refractivity contribution in [2.75, 3.05) is 26.2 Å². The first-order valence-electron chi connectivity index (χ1n) is 8.91. The largest absolute Gasteiger partial charge is 0.370 e. The van der Waals surface area contributed by atoms with Gasteiger partial charge in [-0.05, 0) is 49.9 Å². The number of ether oxygens (including phenoxy) is 1. The van der Waals surface area contributed by atoms with Gasteiger partial charge in [0.15, 0.2) is 0 Å². The minimum absolute atomic E-state index is 0.234. The summed E-state index contributed by atoms with van der Waals surface area (Å²) in [7, 11) is 0. The van der Waals surface area contributed by atoms with Gasteiger partial charge in [-0.1, -0.05) is 0 Å². The van der Waals surface area contributed by atoms with E-state index >= 15 is 0 Å². The van der Waals surface area contributed by atoms with Crippen LogP contribution in [0.3, 0.4) is 0 Å². The zero-order valence-corrected chi connectivity index (χ0v) is 13.8. The molecule has 3 aliphatic heterocycles. The number of piperidine rings is 1. The molecule has 3 N–H and O–H groups in total. The maximum atomic E-state index is 14.0. The molecule has 4 rings (SSSR count). The van der Waals surface area contributed by atoms with E-state index in [0.717, 1.165) is 38.2 Å². The highest BCUT2D eigenvalue weighted by Crippen LogP contribution is 2.34. The third-order valence-electron chi connectivity index (χ3n) is 5.81. The fraction of sp³-hybridized carbons (Fsp3) is 0.667. The SMILES string of the molecule is N[C@H]1C[C@@H](N2CC3CCCNC3C2)CO[C@@H]1c1cc(F)ccc1F. The monoisotopic (exact) mass is 337 g/mol. The summed E-state index contributed by atoms with van der Waals surface area (Å²) in [4.78, 5) is 2.46. The normalized spacial score (nSPS) is 37.4. The maximum absolute atomic E-state index is 14.0. The fourth-order valence-electron chi connectivity index (χ4n) is 4.53. The number of nitrogens with zero attached hydrogens (tertiary/aromatic N) is 1. The minimum Gasteiger partial charge on any atom is -0.370 e. The van der Waals surface area contributed by atoms with Gasteiger partial charge in [0.05, 0.1) is 6.61 Å². The molecule has 0 spiro atoms. The minimum atomic E-state index is -0.569. The van der Waals surface area contributed by atoms with Gasteiger partial charge in [0.2, 0.25) is 0 Å². The molecule has 1 aromatic carbocycles. The van der Waals surface area contributed by atoms with Crippen molar-refractivity contribution in [3.05, 3.63) is 35.4 Å². The summed E-state index contributed by atoms with van der Waals surface area (Å²) < 4.78 is 33.3. The van der Waals surface area contributed by atoms with E-state index in [1.54, 1.807) is 0 Å². The smallest absolute Gasteiger partial charge is 0.129 e. The maximum Gasteiger partial charge on any atom is 0.129 e. The van der Waals surface area contributed by atoms with E-state index in [-0.39, 0.29) is 17.6 Å². The molecular weight excluding hydrogens is 312 g/mol. The Balaban J connectivity index is 1.42. The zero-order valence-electron chi connectivity index (χ0n) is 13.8. The van der Waals surface area contributed by atoms with Gasteiger partial charge in [0, 0.05) is 36.8 Å². The van der Waals surface area contributed by atoms with E-state index in [1.165, 1.54) is 18.9 Å². The van der Waals surface area contributed by atoms with Crippen LogP contribution in [0, 0.1) is 17.6 Å². The lowest BCUT2D eigenvalue weighted by molar-refractivity contribution is -0.0478. The van der Waals surface area contributed by atoms with Crippen LogP contribution in [0.15, 0.2) is 18.2 Å². The summed E-state index contributed by atoms with van der Waals surface area (Å²) in [6.45, 7) is 3.74. The van der Waals surface area contributed by atoms with Crippen LogP contribution in [0.2, 0.25) is 0 Å². The predicted octanol–water partition coefficient (Wildman–Crippen LogP) is 1.81. The topological polar surface area (TPSA) is 50.5 Å². The van der Waals surface area contributed by atoms with Crippen LogP contribution in [-0.4, -0.2) is 49.3 Å². The predicted molar refractivity (Wildman–Crippen MR) is 87.5 cm³/mol. The van der Waals surface area contributed by atoms with Gasteiger partial charge in [-0.25, -0.2) is 8.78 Å². The van der Waals surface area contributed by atoms with E-state index in [1.807, 2.05) is 0 Å². The second-order valence-electron chi connectivity index (χ2n) is 7.39. The molecule has 3 fully saturated rings. The molecule has 0 bridgehead atoms. The van der Waals surface area contributed by atoms with Crippen molar-refractivity contribution in [2.45, 2.75) is 43.5 Å². The third kappa shape index (κ3) is 3.08. The molecule has 5 atom stereocenters. The summed E-state index contributed by atoms with van der Waals surface area (Å²) in [5.41, 5.74) is 6.51. The first-order chi connectivity index (χ1) is 11.6. The van der Waals surface area contributed by atoms with E-state index in [4.69, 9.17) is 10.5 Å². The zero-order chi connectivity index (χ0) is 16.7. The van der Waals surface area contributed by atoms with Gasteiger partial charge in [0.25, 0.3) is 0 Å². The van der Waals surface area contributed by atoms with Crippen molar-refractivity contribution in [3.8, 4) is 0 Å². The number of nitrogens with one attached hydrogen (secondary N) is 1. The van der Waals surface area contributed by atoms with Crippen LogP contribution >= 0.6 is 0 Å². The van der Waals surface area contributed by atoms with Crippen molar-refractivity contribution in [1.29, 1.82) is 0 Å². The average molecular weight is 337 g/mol. The molecule has 24 heavy (non-hydrogen) atoms. The molecule has 132 valence electrons. The van der Waals surface area contributed by atoms with Gasteiger partial charge >= 0.3 is 0 Å². The van der Waals surface area contributed by atoms with Gasteiger partial charge < -0.3 is 15.8 Å². The first kappa shape index (κ1) is 16.4. The van der Waals surface area contributed by atoms with E-state index < -0.39 is 17.7 Å². The van der Waals surface area contributed by atoms with E-state index in [2.05, 4.69) is 10.2 Å². The van der Waals surface area contributed by atoms with Crippen molar-refractivity contribution >= 4 is 0 Å². The van der Waals surface area contributed by atoms with Crippen molar-refractivity contribution < 1.29 is 13.5 Å².